The number of hydrogen-bond acceptors (Lipinski definition) is 3. The minimum absolute atomic E-state index is 0.0599. The number of nitrogens with one attached hydrogen (secondary N) is 1. The van der Waals surface area contributed by atoms with Gasteiger partial charge in [0.05, 0.1) is 12.5 Å². The molecule has 1 aromatic rings. The Morgan fingerprint density at radius 1 is 1.35 bits per heavy atom. The number of carboxylic acid groups (broad SMARTS) is 1. The average molecular weight is 276 g/mol. The molecule has 1 heterocycles. The van der Waals surface area contributed by atoms with Crippen LogP contribution < -0.4 is 5.32 Å². The molecule has 1 unspecified atom stereocenters. The van der Waals surface area contributed by atoms with Gasteiger partial charge in [-0.25, -0.2) is 0 Å². The lowest BCUT2D eigenvalue weighted by molar-refractivity contribution is -0.145. The minimum atomic E-state index is -0.765. The highest BCUT2D eigenvalue weighted by Gasteiger charge is 2.35. The summed E-state index contributed by atoms with van der Waals surface area (Å²) in [5, 5.41) is 11.7. The van der Waals surface area contributed by atoms with Crippen LogP contribution in [0.1, 0.15) is 12.5 Å². The number of carboxylic acids is 1. The molecule has 5 heteroatoms. The van der Waals surface area contributed by atoms with Crippen LogP contribution in [0.25, 0.3) is 0 Å². The topological polar surface area (TPSA) is 69.6 Å². The number of aliphatic carboxylic acids is 1. The van der Waals surface area contributed by atoms with Crippen molar-refractivity contribution in [2.75, 3.05) is 25.0 Å². The van der Waals surface area contributed by atoms with Gasteiger partial charge in [-0.3, -0.25) is 14.5 Å². The van der Waals surface area contributed by atoms with Crippen molar-refractivity contribution in [3.63, 3.8) is 0 Å². The third-order valence-electron chi connectivity index (χ3n) is 3.78. The van der Waals surface area contributed by atoms with E-state index >= 15 is 0 Å². The van der Waals surface area contributed by atoms with E-state index in [1.165, 1.54) is 0 Å². The van der Waals surface area contributed by atoms with Crippen molar-refractivity contribution >= 4 is 17.6 Å². The van der Waals surface area contributed by atoms with Crippen LogP contribution >= 0.6 is 0 Å². The lowest BCUT2D eigenvalue weighted by Crippen LogP contribution is -2.53. The van der Waals surface area contributed by atoms with Crippen molar-refractivity contribution < 1.29 is 14.7 Å². The Balaban J connectivity index is 1.74. The zero-order chi connectivity index (χ0) is 14.7. The van der Waals surface area contributed by atoms with Crippen LogP contribution in [0.5, 0.6) is 0 Å². The van der Waals surface area contributed by atoms with E-state index < -0.39 is 5.97 Å². The van der Waals surface area contributed by atoms with Gasteiger partial charge in [0.25, 0.3) is 0 Å². The van der Waals surface area contributed by atoms with Gasteiger partial charge in [0, 0.05) is 18.8 Å². The molecule has 0 aromatic heterocycles. The average Bonchev–Trinajstić information content (AvgIpc) is 2.35. The summed E-state index contributed by atoms with van der Waals surface area (Å²) >= 11 is 0. The molecule has 1 aromatic carbocycles. The molecule has 1 fully saturated rings. The van der Waals surface area contributed by atoms with E-state index in [4.69, 9.17) is 5.11 Å². The van der Waals surface area contributed by atoms with Gasteiger partial charge in [-0.15, -0.1) is 0 Å². The van der Waals surface area contributed by atoms with Crippen molar-refractivity contribution in [2.24, 2.45) is 11.8 Å². The van der Waals surface area contributed by atoms with Crippen LogP contribution in [0.3, 0.4) is 0 Å². The fourth-order valence-corrected chi connectivity index (χ4v) is 2.30. The highest BCUT2D eigenvalue weighted by molar-refractivity contribution is 5.92. The van der Waals surface area contributed by atoms with E-state index in [1.54, 1.807) is 6.92 Å². The number of anilines is 1. The molecule has 2 rings (SSSR count). The molecule has 20 heavy (non-hydrogen) atoms. The van der Waals surface area contributed by atoms with Crippen molar-refractivity contribution in [1.82, 2.24) is 4.90 Å². The summed E-state index contributed by atoms with van der Waals surface area (Å²) < 4.78 is 0. The number of carbonyl (C=O) groups excluding carboxylic acids is 1. The predicted octanol–water partition coefficient (Wildman–Crippen LogP) is 1.59. The Bertz CT molecular complexity index is 492. The number of hydrogen-bond donors (Lipinski definition) is 2. The molecule has 0 saturated carbocycles. The van der Waals surface area contributed by atoms with Crippen molar-refractivity contribution in [2.45, 2.75) is 13.8 Å². The number of rotatable bonds is 5. The zero-order valence-corrected chi connectivity index (χ0v) is 11.8. The smallest absolute Gasteiger partial charge is 0.306 e. The fourth-order valence-electron chi connectivity index (χ4n) is 2.30. The van der Waals surface area contributed by atoms with E-state index in [0.717, 1.165) is 11.3 Å². The van der Waals surface area contributed by atoms with Gasteiger partial charge in [0.2, 0.25) is 5.91 Å². The van der Waals surface area contributed by atoms with Crippen molar-refractivity contribution in [1.29, 1.82) is 0 Å². The highest BCUT2D eigenvalue weighted by atomic mass is 16.4. The van der Waals surface area contributed by atoms with Gasteiger partial charge < -0.3 is 10.4 Å². The molecule has 1 aliphatic rings. The number of likely N-dealkylation sites (tertiary alicyclic amines) is 1. The van der Waals surface area contributed by atoms with Gasteiger partial charge in [0.15, 0.2) is 0 Å². The second kappa shape index (κ2) is 6.05. The monoisotopic (exact) mass is 276 g/mol. The largest absolute Gasteiger partial charge is 0.481 e. The molecule has 0 radical (unpaired) electrons. The molecular weight excluding hydrogens is 256 g/mol. The molecule has 1 aliphatic heterocycles. The van der Waals surface area contributed by atoms with E-state index in [1.807, 2.05) is 36.1 Å². The third kappa shape index (κ3) is 3.57. The Kier molecular flexibility index (Phi) is 4.39. The van der Waals surface area contributed by atoms with Gasteiger partial charge in [-0.05, 0) is 25.0 Å². The van der Waals surface area contributed by atoms with E-state index in [-0.39, 0.29) is 17.7 Å². The first-order chi connectivity index (χ1) is 9.45. The maximum atomic E-state index is 11.8. The first-order valence-electron chi connectivity index (χ1n) is 6.77. The maximum Gasteiger partial charge on any atom is 0.306 e. The van der Waals surface area contributed by atoms with Crippen LogP contribution in [0.15, 0.2) is 24.3 Å². The Hall–Kier alpha value is -1.88. The summed E-state index contributed by atoms with van der Waals surface area (Å²) in [6.07, 6.45) is 0. The molecule has 0 bridgehead atoms. The van der Waals surface area contributed by atoms with Crippen molar-refractivity contribution in [3.05, 3.63) is 29.8 Å². The summed E-state index contributed by atoms with van der Waals surface area (Å²) in [6.45, 7) is 5.38. The van der Waals surface area contributed by atoms with E-state index in [9.17, 15) is 9.59 Å². The number of amides is 1. The normalized spacial score (nSPS) is 17.3. The first-order valence-corrected chi connectivity index (χ1v) is 6.77. The highest BCUT2D eigenvalue weighted by Crippen LogP contribution is 2.23. The molecule has 2 N–H and O–H groups in total. The standard InChI is InChI=1S/C15H20N2O3/c1-10-3-5-13(6-4-10)16-14(18)9-17-7-12(8-17)11(2)15(19)20/h3-6,11-12H,7-9H2,1-2H3,(H,16,18)(H,19,20). The summed E-state index contributed by atoms with van der Waals surface area (Å²) in [7, 11) is 0. The lowest BCUT2D eigenvalue weighted by atomic mass is 9.87. The second-order valence-electron chi connectivity index (χ2n) is 5.50. The molecule has 0 aliphatic carbocycles. The summed E-state index contributed by atoms with van der Waals surface area (Å²) in [4.78, 5) is 24.6. The second-order valence-corrected chi connectivity index (χ2v) is 5.50. The maximum absolute atomic E-state index is 11.8. The van der Waals surface area contributed by atoms with Crippen LogP contribution in [0, 0.1) is 18.8 Å². The number of benzene rings is 1. The third-order valence-corrected chi connectivity index (χ3v) is 3.78. The van der Waals surface area contributed by atoms with Gasteiger partial charge in [0.1, 0.15) is 0 Å². The zero-order valence-electron chi connectivity index (χ0n) is 11.8. The summed E-state index contributed by atoms with van der Waals surface area (Å²) in [5.74, 6) is -1.01. The molecule has 1 atom stereocenters. The fraction of sp³-hybridized carbons (Fsp3) is 0.467. The minimum Gasteiger partial charge on any atom is -0.481 e. The van der Waals surface area contributed by atoms with Gasteiger partial charge in [-0.1, -0.05) is 24.6 Å². The number of aryl methyl sites for hydroxylation is 1. The molecular formula is C15H20N2O3. The summed E-state index contributed by atoms with van der Waals surface area (Å²) in [6, 6.07) is 7.64. The molecule has 0 spiro atoms. The predicted molar refractivity (Wildman–Crippen MR) is 76.5 cm³/mol. The van der Waals surface area contributed by atoms with Crippen LogP contribution in [-0.4, -0.2) is 41.5 Å². The SMILES string of the molecule is Cc1ccc(NC(=O)CN2CC(C(C)C(=O)O)C2)cc1. The van der Waals surface area contributed by atoms with Crippen molar-refractivity contribution in [3.8, 4) is 0 Å². The van der Waals surface area contributed by atoms with Crippen LogP contribution in [-0.2, 0) is 9.59 Å². The molecule has 1 amide bonds. The summed E-state index contributed by atoms with van der Waals surface area (Å²) in [5.41, 5.74) is 1.94. The van der Waals surface area contributed by atoms with E-state index in [2.05, 4.69) is 5.32 Å². The molecule has 1 saturated heterocycles. The van der Waals surface area contributed by atoms with Gasteiger partial charge >= 0.3 is 5.97 Å². The Morgan fingerprint density at radius 3 is 2.50 bits per heavy atom. The van der Waals surface area contributed by atoms with Crippen LogP contribution in [0.4, 0.5) is 5.69 Å². The molecule has 5 nitrogen and oxygen atoms in total. The lowest BCUT2D eigenvalue weighted by Gasteiger charge is -2.40. The van der Waals surface area contributed by atoms with E-state index in [0.29, 0.717) is 19.6 Å². The Labute approximate surface area is 118 Å². The number of nitrogens with zero attached hydrogens (tertiary/aromatic N) is 1. The number of carbonyl (C=O) groups is 2. The molecule has 108 valence electrons. The quantitative estimate of drug-likeness (QED) is 0.857. The van der Waals surface area contributed by atoms with Crippen LogP contribution in [0.2, 0.25) is 0 Å². The first kappa shape index (κ1) is 14.5. The Morgan fingerprint density at radius 2 is 1.95 bits per heavy atom. The van der Waals surface area contributed by atoms with Gasteiger partial charge in [-0.2, -0.15) is 0 Å².